The number of rotatable bonds is 4. The molecule has 1 saturated carbocycles. The molecule has 2 unspecified atom stereocenters. The molecule has 1 N–H and O–H groups in total. The number of carboxylic acid groups (broad SMARTS) is 1. The van der Waals surface area contributed by atoms with Crippen LogP contribution in [-0.4, -0.2) is 31.1 Å². The van der Waals surface area contributed by atoms with Gasteiger partial charge >= 0.3 is 5.97 Å². The van der Waals surface area contributed by atoms with Crippen LogP contribution in [-0.2, 0) is 4.79 Å². The van der Waals surface area contributed by atoms with E-state index >= 15 is 0 Å². The molecular formula is C15H16O5. The first kappa shape index (κ1) is 13.0. The Hall–Kier alpha value is -2.04. The van der Waals surface area contributed by atoms with E-state index in [1.807, 2.05) is 0 Å². The van der Waals surface area contributed by atoms with Crippen LogP contribution in [0.1, 0.15) is 52.6 Å². The van der Waals surface area contributed by atoms with E-state index in [1.165, 1.54) is 13.2 Å². The number of carboxylic acids is 1. The summed E-state index contributed by atoms with van der Waals surface area (Å²) in [6, 6.07) is 1.51. The van der Waals surface area contributed by atoms with Gasteiger partial charge in [-0.05, 0) is 37.2 Å². The first-order valence-electron chi connectivity index (χ1n) is 6.64. The summed E-state index contributed by atoms with van der Waals surface area (Å²) in [5.41, 5.74) is 2.17. The lowest BCUT2D eigenvalue weighted by molar-refractivity contribution is -0.131. The summed E-state index contributed by atoms with van der Waals surface area (Å²) in [5.74, 6) is -0.620. The molecule has 1 aromatic carbocycles. The summed E-state index contributed by atoms with van der Waals surface area (Å²) in [6.07, 6.45) is 3.21. The SMILES string of the molecule is COc1cc(C(=O)C(=O)O)c(OC)c2c1C1CCC2C1. The molecule has 2 aliphatic rings. The number of benzene rings is 1. The maximum absolute atomic E-state index is 11.9. The predicted molar refractivity (Wildman–Crippen MR) is 70.8 cm³/mol. The van der Waals surface area contributed by atoms with E-state index in [-0.39, 0.29) is 5.56 Å². The maximum Gasteiger partial charge on any atom is 0.377 e. The summed E-state index contributed by atoms with van der Waals surface area (Å²) in [7, 11) is 3.02. The Balaban J connectivity index is 2.26. The van der Waals surface area contributed by atoms with Crippen molar-refractivity contribution in [2.24, 2.45) is 0 Å². The Morgan fingerprint density at radius 1 is 1.15 bits per heavy atom. The van der Waals surface area contributed by atoms with Gasteiger partial charge in [-0.25, -0.2) is 4.79 Å². The Morgan fingerprint density at radius 3 is 2.35 bits per heavy atom. The molecule has 0 radical (unpaired) electrons. The van der Waals surface area contributed by atoms with E-state index in [0.717, 1.165) is 30.4 Å². The Labute approximate surface area is 116 Å². The van der Waals surface area contributed by atoms with Gasteiger partial charge < -0.3 is 14.6 Å². The molecule has 106 valence electrons. The number of hydrogen-bond acceptors (Lipinski definition) is 4. The summed E-state index contributed by atoms with van der Waals surface area (Å²) in [4.78, 5) is 22.8. The fraction of sp³-hybridized carbons (Fsp3) is 0.467. The molecule has 0 spiro atoms. The second-order valence-corrected chi connectivity index (χ2v) is 5.33. The minimum atomic E-state index is -1.48. The van der Waals surface area contributed by atoms with Gasteiger partial charge in [-0.2, -0.15) is 0 Å². The average Bonchev–Trinajstić information content (AvgIpc) is 3.06. The minimum Gasteiger partial charge on any atom is -0.496 e. The molecule has 2 aliphatic carbocycles. The van der Waals surface area contributed by atoms with Gasteiger partial charge in [0.25, 0.3) is 5.78 Å². The minimum absolute atomic E-state index is 0.0863. The van der Waals surface area contributed by atoms with Crippen LogP contribution in [0.15, 0.2) is 6.07 Å². The van der Waals surface area contributed by atoms with Crippen molar-refractivity contribution in [3.8, 4) is 11.5 Å². The zero-order valence-electron chi connectivity index (χ0n) is 11.4. The van der Waals surface area contributed by atoms with Crippen molar-refractivity contribution in [1.29, 1.82) is 0 Å². The normalized spacial score (nSPS) is 22.5. The molecule has 2 bridgehead atoms. The molecule has 0 heterocycles. The second kappa shape index (κ2) is 4.51. The van der Waals surface area contributed by atoms with Crippen LogP contribution in [0.5, 0.6) is 11.5 Å². The summed E-state index contributed by atoms with van der Waals surface area (Å²) < 4.78 is 10.8. The van der Waals surface area contributed by atoms with Gasteiger partial charge in [0.2, 0.25) is 0 Å². The number of hydrogen-bond donors (Lipinski definition) is 1. The van der Waals surface area contributed by atoms with Gasteiger partial charge in [0.1, 0.15) is 11.5 Å². The standard InChI is InChI=1S/C15H16O5/c1-19-10-6-9(13(16)15(17)18)14(20-2)12-8-4-3-7(5-8)11(10)12/h6-8H,3-5H2,1-2H3,(H,17,18). The number of ether oxygens (including phenoxy) is 2. The van der Waals surface area contributed by atoms with Crippen LogP contribution in [0.2, 0.25) is 0 Å². The topological polar surface area (TPSA) is 72.8 Å². The van der Waals surface area contributed by atoms with E-state index < -0.39 is 11.8 Å². The van der Waals surface area contributed by atoms with Crippen molar-refractivity contribution in [2.45, 2.75) is 31.1 Å². The third-order valence-electron chi connectivity index (χ3n) is 4.43. The number of fused-ring (bicyclic) bond motifs is 5. The summed E-state index contributed by atoms with van der Waals surface area (Å²) in [6.45, 7) is 0. The summed E-state index contributed by atoms with van der Waals surface area (Å²) in [5, 5.41) is 8.95. The number of methoxy groups -OCH3 is 2. The van der Waals surface area contributed by atoms with E-state index in [2.05, 4.69) is 0 Å². The third-order valence-corrected chi connectivity index (χ3v) is 4.43. The van der Waals surface area contributed by atoms with E-state index in [1.54, 1.807) is 7.11 Å². The highest BCUT2D eigenvalue weighted by Crippen LogP contribution is 2.59. The van der Waals surface area contributed by atoms with Crippen molar-refractivity contribution >= 4 is 11.8 Å². The van der Waals surface area contributed by atoms with Gasteiger partial charge in [0, 0.05) is 11.1 Å². The number of aliphatic carboxylic acids is 1. The lowest BCUT2D eigenvalue weighted by atomic mass is 9.87. The van der Waals surface area contributed by atoms with E-state index in [4.69, 9.17) is 14.6 Å². The molecular weight excluding hydrogens is 260 g/mol. The Bertz CT molecular complexity index is 605. The van der Waals surface area contributed by atoms with Gasteiger partial charge in [0.15, 0.2) is 0 Å². The average molecular weight is 276 g/mol. The largest absolute Gasteiger partial charge is 0.496 e. The molecule has 1 aromatic rings. The van der Waals surface area contributed by atoms with Crippen LogP contribution < -0.4 is 9.47 Å². The lowest BCUT2D eigenvalue weighted by Gasteiger charge is -2.22. The molecule has 0 aromatic heterocycles. The molecule has 0 saturated heterocycles. The van der Waals surface area contributed by atoms with Crippen LogP contribution in [0, 0.1) is 0 Å². The quantitative estimate of drug-likeness (QED) is 0.675. The van der Waals surface area contributed by atoms with Crippen LogP contribution >= 0.6 is 0 Å². The van der Waals surface area contributed by atoms with E-state index in [0.29, 0.717) is 23.3 Å². The van der Waals surface area contributed by atoms with Crippen LogP contribution in [0.25, 0.3) is 0 Å². The fourth-order valence-electron chi connectivity index (χ4n) is 3.68. The first-order valence-corrected chi connectivity index (χ1v) is 6.64. The van der Waals surface area contributed by atoms with Crippen molar-refractivity contribution < 1.29 is 24.2 Å². The van der Waals surface area contributed by atoms with E-state index in [9.17, 15) is 9.59 Å². The fourth-order valence-corrected chi connectivity index (χ4v) is 3.68. The molecule has 5 heteroatoms. The van der Waals surface area contributed by atoms with Gasteiger partial charge in [0.05, 0.1) is 19.8 Å². The zero-order chi connectivity index (χ0) is 14.4. The molecule has 5 nitrogen and oxygen atoms in total. The highest BCUT2D eigenvalue weighted by Gasteiger charge is 2.43. The predicted octanol–water partition coefficient (Wildman–Crippen LogP) is 2.34. The molecule has 0 amide bonds. The Morgan fingerprint density at radius 2 is 1.80 bits per heavy atom. The van der Waals surface area contributed by atoms with Crippen molar-refractivity contribution in [3.05, 3.63) is 22.8 Å². The number of Topliss-reactive ketones (excluding diaryl/α,β-unsaturated/α-hetero) is 1. The summed E-state index contributed by atoms with van der Waals surface area (Å²) >= 11 is 0. The maximum atomic E-state index is 11.9. The smallest absolute Gasteiger partial charge is 0.377 e. The van der Waals surface area contributed by atoms with Crippen molar-refractivity contribution in [1.82, 2.24) is 0 Å². The molecule has 20 heavy (non-hydrogen) atoms. The monoisotopic (exact) mass is 276 g/mol. The highest BCUT2D eigenvalue weighted by atomic mass is 16.5. The van der Waals surface area contributed by atoms with Crippen molar-refractivity contribution in [2.75, 3.05) is 14.2 Å². The van der Waals surface area contributed by atoms with Gasteiger partial charge in [-0.1, -0.05) is 0 Å². The number of ketones is 1. The first-order chi connectivity index (χ1) is 9.58. The molecule has 0 aliphatic heterocycles. The van der Waals surface area contributed by atoms with Crippen molar-refractivity contribution in [3.63, 3.8) is 0 Å². The highest BCUT2D eigenvalue weighted by molar-refractivity contribution is 6.40. The van der Waals surface area contributed by atoms with Crippen LogP contribution in [0.4, 0.5) is 0 Å². The second-order valence-electron chi connectivity index (χ2n) is 5.33. The molecule has 3 rings (SSSR count). The van der Waals surface area contributed by atoms with Crippen LogP contribution in [0.3, 0.4) is 0 Å². The number of carbonyl (C=O) groups excluding carboxylic acids is 1. The number of carbonyl (C=O) groups is 2. The zero-order valence-corrected chi connectivity index (χ0v) is 11.4. The third kappa shape index (κ3) is 1.62. The van der Waals surface area contributed by atoms with Gasteiger partial charge in [-0.3, -0.25) is 4.79 Å². The molecule has 1 fully saturated rings. The molecule has 2 atom stereocenters. The Kier molecular flexibility index (Phi) is 2.92. The lowest BCUT2D eigenvalue weighted by Crippen LogP contribution is -2.16. The van der Waals surface area contributed by atoms with Gasteiger partial charge in [-0.15, -0.1) is 0 Å².